The van der Waals surface area contributed by atoms with Crippen molar-refractivity contribution < 1.29 is 4.79 Å². The van der Waals surface area contributed by atoms with Crippen LogP contribution in [0.1, 0.15) is 43.0 Å². The molecule has 3 rings (SSSR count). The molecule has 3 heteroatoms. The summed E-state index contributed by atoms with van der Waals surface area (Å²) < 4.78 is 0. The number of hydrazone groups is 1. The Hall–Kier alpha value is -1.64. The predicted octanol–water partition coefficient (Wildman–Crippen LogP) is 3.23. The fourth-order valence-electron chi connectivity index (χ4n) is 3.63. The van der Waals surface area contributed by atoms with Crippen molar-refractivity contribution in [3.63, 3.8) is 0 Å². The minimum Gasteiger partial charge on any atom is -0.267 e. The van der Waals surface area contributed by atoms with Gasteiger partial charge in [0, 0.05) is 17.2 Å². The van der Waals surface area contributed by atoms with Crippen molar-refractivity contribution in [2.24, 2.45) is 22.9 Å². The Bertz CT molecular complexity index is 495. The summed E-state index contributed by atoms with van der Waals surface area (Å²) in [5.41, 5.74) is 4.44. The molecule has 2 saturated carbocycles. The van der Waals surface area contributed by atoms with E-state index >= 15 is 0 Å². The van der Waals surface area contributed by atoms with Crippen molar-refractivity contribution in [3.05, 3.63) is 35.9 Å². The molecule has 1 aromatic carbocycles. The Morgan fingerprint density at radius 2 is 2.00 bits per heavy atom. The average molecular weight is 256 g/mol. The average Bonchev–Trinajstić information content (AvgIpc) is 3.08. The number of rotatable bonds is 3. The number of hydrogen-bond acceptors (Lipinski definition) is 2. The number of carbonyl (C=O) groups is 1. The van der Waals surface area contributed by atoms with Crippen LogP contribution in [0.5, 0.6) is 0 Å². The highest BCUT2D eigenvalue weighted by atomic mass is 16.2. The van der Waals surface area contributed by atoms with Gasteiger partial charge in [0.25, 0.3) is 5.91 Å². The van der Waals surface area contributed by atoms with Gasteiger partial charge in [-0.05, 0) is 50.2 Å². The third-order valence-corrected chi connectivity index (χ3v) is 4.64. The van der Waals surface area contributed by atoms with E-state index in [4.69, 9.17) is 0 Å². The van der Waals surface area contributed by atoms with E-state index in [1.165, 1.54) is 25.7 Å². The van der Waals surface area contributed by atoms with E-state index in [9.17, 15) is 4.79 Å². The Kier molecular flexibility index (Phi) is 3.36. The normalized spacial score (nSPS) is 29.5. The van der Waals surface area contributed by atoms with Crippen LogP contribution in [0, 0.1) is 17.8 Å². The quantitative estimate of drug-likeness (QED) is 0.654. The largest absolute Gasteiger partial charge is 0.271 e. The molecule has 1 N–H and O–H groups in total. The zero-order valence-corrected chi connectivity index (χ0v) is 11.3. The molecule has 2 bridgehead atoms. The maximum atomic E-state index is 11.9. The van der Waals surface area contributed by atoms with Crippen molar-refractivity contribution in [3.8, 4) is 0 Å². The molecule has 0 heterocycles. The zero-order chi connectivity index (χ0) is 13.2. The Labute approximate surface area is 114 Å². The van der Waals surface area contributed by atoms with Crippen LogP contribution in [-0.2, 0) is 0 Å². The molecular formula is C16H20N2O. The summed E-state index contributed by atoms with van der Waals surface area (Å²) in [6.07, 6.45) is 5.37. The topological polar surface area (TPSA) is 41.5 Å². The summed E-state index contributed by atoms with van der Waals surface area (Å²) in [4.78, 5) is 11.9. The van der Waals surface area contributed by atoms with Crippen LogP contribution in [-0.4, -0.2) is 11.6 Å². The zero-order valence-electron chi connectivity index (χ0n) is 11.3. The third kappa shape index (κ3) is 2.55. The van der Waals surface area contributed by atoms with Gasteiger partial charge in [0.05, 0.1) is 0 Å². The fourth-order valence-corrected chi connectivity index (χ4v) is 3.63. The Balaban J connectivity index is 1.62. The van der Waals surface area contributed by atoms with Crippen LogP contribution in [0.2, 0.25) is 0 Å². The van der Waals surface area contributed by atoms with Crippen LogP contribution < -0.4 is 5.43 Å². The van der Waals surface area contributed by atoms with E-state index < -0.39 is 0 Å². The van der Waals surface area contributed by atoms with Gasteiger partial charge in [0.15, 0.2) is 0 Å². The maximum Gasteiger partial charge on any atom is 0.271 e. The Morgan fingerprint density at radius 1 is 1.21 bits per heavy atom. The van der Waals surface area contributed by atoms with Gasteiger partial charge in [-0.25, -0.2) is 5.43 Å². The summed E-state index contributed by atoms with van der Waals surface area (Å²) in [5.74, 6) is 2.19. The van der Waals surface area contributed by atoms with Gasteiger partial charge in [-0.1, -0.05) is 24.6 Å². The van der Waals surface area contributed by atoms with E-state index in [0.29, 0.717) is 11.5 Å². The molecule has 3 atom stereocenters. The Morgan fingerprint density at radius 3 is 2.63 bits per heavy atom. The molecule has 100 valence electrons. The second-order valence-corrected chi connectivity index (χ2v) is 5.84. The SMILES string of the molecule is C/C(=N\NC(=O)c1ccccc1)C1CC2CCC1C2. The van der Waals surface area contributed by atoms with Gasteiger partial charge in [0.1, 0.15) is 0 Å². The number of amides is 1. The van der Waals surface area contributed by atoms with E-state index in [0.717, 1.165) is 17.5 Å². The molecule has 0 radical (unpaired) electrons. The lowest BCUT2D eigenvalue weighted by molar-refractivity contribution is 0.0954. The summed E-state index contributed by atoms with van der Waals surface area (Å²) in [6, 6.07) is 9.23. The van der Waals surface area contributed by atoms with Gasteiger partial charge in [-0.15, -0.1) is 0 Å². The van der Waals surface area contributed by atoms with Crippen molar-refractivity contribution in [1.29, 1.82) is 0 Å². The second-order valence-electron chi connectivity index (χ2n) is 5.84. The van der Waals surface area contributed by atoms with E-state index in [-0.39, 0.29) is 5.91 Å². The maximum absolute atomic E-state index is 11.9. The van der Waals surface area contributed by atoms with E-state index in [1.807, 2.05) is 18.2 Å². The molecule has 0 spiro atoms. The number of benzene rings is 1. The molecule has 0 aromatic heterocycles. The monoisotopic (exact) mass is 256 g/mol. The first-order valence-electron chi connectivity index (χ1n) is 7.13. The van der Waals surface area contributed by atoms with Crippen molar-refractivity contribution in [2.75, 3.05) is 0 Å². The van der Waals surface area contributed by atoms with Gasteiger partial charge in [-0.2, -0.15) is 5.10 Å². The molecule has 1 amide bonds. The van der Waals surface area contributed by atoms with Crippen LogP contribution in [0.4, 0.5) is 0 Å². The highest BCUT2D eigenvalue weighted by Crippen LogP contribution is 2.48. The first-order chi connectivity index (χ1) is 9.24. The number of fused-ring (bicyclic) bond motifs is 2. The van der Waals surface area contributed by atoms with Gasteiger partial charge in [0.2, 0.25) is 0 Å². The lowest BCUT2D eigenvalue weighted by atomic mass is 9.86. The highest BCUT2D eigenvalue weighted by molar-refractivity contribution is 5.95. The number of nitrogens with one attached hydrogen (secondary N) is 1. The first-order valence-corrected chi connectivity index (χ1v) is 7.13. The van der Waals surface area contributed by atoms with E-state index in [2.05, 4.69) is 17.5 Å². The van der Waals surface area contributed by atoms with Crippen molar-refractivity contribution in [2.45, 2.75) is 32.6 Å². The number of nitrogens with zero attached hydrogens (tertiary/aromatic N) is 1. The molecule has 2 aliphatic carbocycles. The lowest BCUT2D eigenvalue weighted by Gasteiger charge is -2.21. The highest BCUT2D eigenvalue weighted by Gasteiger charge is 2.40. The predicted molar refractivity (Wildman–Crippen MR) is 76.0 cm³/mol. The minimum atomic E-state index is -0.122. The molecule has 3 nitrogen and oxygen atoms in total. The van der Waals surface area contributed by atoms with Crippen molar-refractivity contribution in [1.82, 2.24) is 5.43 Å². The van der Waals surface area contributed by atoms with Crippen molar-refractivity contribution >= 4 is 11.6 Å². The molecule has 0 saturated heterocycles. The number of hydrogen-bond donors (Lipinski definition) is 1. The summed E-state index contributed by atoms with van der Waals surface area (Å²) in [5, 5.41) is 4.32. The van der Waals surface area contributed by atoms with Gasteiger partial charge >= 0.3 is 0 Å². The van der Waals surface area contributed by atoms with Crippen LogP contribution in [0.15, 0.2) is 35.4 Å². The van der Waals surface area contributed by atoms with E-state index in [1.54, 1.807) is 12.1 Å². The first kappa shape index (κ1) is 12.4. The number of carbonyl (C=O) groups excluding carboxylic acids is 1. The molecule has 1 aromatic rings. The standard InChI is InChI=1S/C16H20N2O/c1-11(15-10-12-7-8-14(15)9-12)17-18-16(19)13-5-3-2-4-6-13/h2-6,12,14-15H,7-10H2,1H3,(H,18,19)/b17-11+. The molecule has 2 fully saturated rings. The molecule has 2 aliphatic rings. The second kappa shape index (κ2) is 5.16. The van der Waals surface area contributed by atoms with Gasteiger partial charge in [-0.3, -0.25) is 4.79 Å². The van der Waals surface area contributed by atoms with Gasteiger partial charge < -0.3 is 0 Å². The van der Waals surface area contributed by atoms with Crippen LogP contribution in [0.3, 0.4) is 0 Å². The fraction of sp³-hybridized carbons (Fsp3) is 0.500. The molecular weight excluding hydrogens is 236 g/mol. The summed E-state index contributed by atoms with van der Waals surface area (Å²) in [6.45, 7) is 2.05. The van der Waals surface area contributed by atoms with Crippen LogP contribution in [0.25, 0.3) is 0 Å². The minimum absolute atomic E-state index is 0.122. The third-order valence-electron chi connectivity index (χ3n) is 4.64. The molecule has 0 aliphatic heterocycles. The molecule has 3 unspecified atom stereocenters. The summed E-state index contributed by atoms with van der Waals surface area (Å²) in [7, 11) is 0. The lowest BCUT2D eigenvalue weighted by Crippen LogP contribution is -2.24. The summed E-state index contributed by atoms with van der Waals surface area (Å²) >= 11 is 0. The van der Waals surface area contributed by atoms with Crippen LogP contribution >= 0.6 is 0 Å². The molecule has 19 heavy (non-hydrogen) atoms. The smallest absolute Gasteiger partial charge is 0.267 e.